The summed E-state index contributed by atoms with van der Waals surface area (Å²) in [6.45, 7) is 2.99. The van der Waals surface area contributed by atoms with Crippen LogP contribution in [0.3, 0.4) is 0 Å². The number of aliphatic hydroxyl groups is 2. The van der Waals surface area contributed by atoms with Gasteiger partial charge in [-0.15, -0.1) is 0 Å². The van der Waals surface area contributed by atoms with Crippen molar-refractivity contribution in [3.63, 3.8) is 0 Å². The van der Waals surface area contributed by atoms with E-state index >= 15 is 0 Å². The van der Waals surface area contributed by atoms with Gasteiger partial charge in [-0.1, -0.05) is 6.92 Å². The molecular formula is C9H16N2O2. The smallest absolute Gasteiger partial charge is 0.0938 e. The molecule has 4 nitrogen and oxygen atoms in total. The van der Waals surface area contributed by atoms with Crippen molar-refractivity contribution < 1.29 is 10.2 Å². The molecule has 0 amide bonds. The van der Waals surface area contributed by atoms with Crippen LogP contribution in [0.2, 0.25) is 0 Å². The van der Waals surface area contributed by atoms with Crippen LogP contribution >= 0.6 is 0 Å². The van der Waals surface area contributed by atoms with E-state index in [1.54, 1.807) is 0 Å². The maximum atomic E-state index is 9.31. The van der Waals surface area contributed by atoms with E-state index in [2.05, 4.69) is 6.07 Å². The highest BCUT2D eigenvalue weighted by Crippen LogP contribution is 2.17. The van der Waals surface area contributed by atoms with Gasteiger partial charge in [-0.2, -0.15) is 5.26 Å². The molecule has 1 aliphatic heterocycles. The second-order valence-electron chi connectivity index (χ2n) is 3.51. The van der Waals surface area contributed by atoms with E-state index in [1.807, 2.05) is 11.8 Å². The summed E-state index contributed by atoms with van der Waals surface area (Å²) in [4.78, 5) is 1.98. The van der Waals surface area contributed by atoms with Crippen molar-refractivity contribution in [2.24, 2.45) is 0 Å². The molecule has 0 aromatic carbocycles. The summed E-state index contributed by atoms with van der Waals surface area (Å²) in [6.07, 6.45) is 0.0589. The molecule has 0 bridgehead atoms. The van der Waals surface area contributed by atoms with Crippen LogP contribution in [-0.2, 0) is 0 Å². The Bertz CT molecular complexity index is 192. The van der Waals surface area contributed by atoms with Gasteiger partial charge in [-0.25, -0.2) is 0 Å². The van der Waals surface area contributed by atoms with Gasteiger partial charge in [0.15, 0.2) is 0 Å². The van der Waals surface area contributed by atoms with Crippen LogP contribution in [0.5, 0.6) is 0 Å². The number of rotatable bonds is 3. The molecule has 13 heavy (non-hydrogen) atoms. The molecule has 2 N–H and O–H groups in total. The first kappa shape index (κ1) is 10.5. The van der Waals surface area contributed by atoms with Crippen LogP contribution in [-0.4, -0.2) is 46.5 Å². The van der Waals surface area contributed by atoms with Crippen molar-refractivity contribution in [1.82, 2.24) is 4.90 Å². The summed E-state index contributed by atoms with van der Waals surface area (Å²) in [7, 11) is 0. The second-order valence-corrected chi connectivity index (χ2v) is 3.51. The maximum Gasteiger partial charge on any atom is 0.0938 e. The zero-order valence-electron chi connectivity index (χ0n) is 7.85. The lowest BCUT2D eigenvalue weighted by Gasteiger charge is -2.23. The number of β-amino-alcohol motifs (C(OH)–C–C–N with tert-alkyl or cyclic N) is 2. The molecule has 4 heteroatoms. The number of hydrogen-bond acceptors (Lipinski definition) is 4. The van der Waals surface area contributed by atoms with Gasteiger partial charge in [0.2, 0.25) is 0 Å². The maximum absolute atomic E-state index is 9.31. The number of nitrogens with zero attached hydrogens (tertiary/aromatic N) is 2. The van der Waals surface area contributed by atoms with E-state index < -0.39 is 12.2 Å². The van der Waals surface area contributed by atoms with Crippen molar-refractivity contribution in [3.05, 3.63) is 0 Å². The Kier molecular flexibility index (Phi) is 3.67. The van der Waals surface area contributed by atoms with Crippen LogP contribution in [0.25, 0.3) is 0 Å². The van der Waals surface area contributed by atoms with Crippen LogP contribution < -0.4 is 0 Å². The molecule has 0 radical (unpaired) electrons. The number of likely N-dealkylation sites (tertiary alicyclic amines) is 1. The molecule has 1 unspecified atom stereocenters. The third kappa shape index (κ3) is 2.41. The largest absolute Gasteiger partial charge is 0.389 e. The van der Waals surface area contributed by atoms with Gasteiger partial charge in [0.25, 0.3) is 0 Å². The number of hydrogen-bond donors (Lipinski definition) is 2. The summed E-state index contributed by atoms with van der Waals surface area (Å²) in [5, 5.41) is 27.2. The molecule has 74 valence electrons. The van der Waals surface area contributed by atoms with E-state index in [0.29, 0.717) is 19.5 Å². The lowest BCUT2D eigenvalue weighted by molar-refractivity contribution is 0.0572. The molecule has 0 aliphatic carbocycles. The summed E-state index contributed by atoms with van der Waals surface area (Å²) in [6, 6.07) is 2.30. The zero-order valence-corrected chi connectivity index (χ0v) is 7.85. The average molecular weight is 184 g/mol. The van der Waals surface area contributed by atoms with Crippen LogP contribution in [0.1, 0.15) is 19.8 Å². The van der Waals surface area contributed by atoms with Gasteiger partial charge >= 0.3 is 0 Å². The molecule has 1 aliphatic rings. The van der Waals surface area contributed by atoms with E-state index in [9.17, 15) is 10.2 Å². The standard InChI is InChI=1S/C9H16N2O2/c1-2-7(3-4-10)11-5-8(12)9(13)6-11/h7-9,12-13H,2-3,5-6H2,1H3/t7?,8-,9+. The first-order valence-corrected chi connectivity index (χ1v) is 4.66. The fourth-order valence-electron chi connectivity index (χ4n) is 1.73. The van der Waals surface area contributed by atoms with Gasteiger partial charge in [-0.3, -0.25) is 4.90 Å². The Hall–Kier alpha value is -0.630. The van der Waals surface area contributed by atoms with E-state index in [0.717, 1.165) is 6.42 Å². The van der Waals surface area contributed by atoms with Crippen molar-refractivity contribution in [3.8, 4) is 6.07 Å². The topological polar surface area (TPSA) is 67.5 Å². The fourth-order valence-corrected chi connectivity index (χ4v) is 1.73. The lowest BCUT2D eigenvalue weighted by Crippen LogP contribution is -2.33. The first-order valence-electron chi connectivity index (χ1n) is 4.66. The predicted octanol–water partition coefficient (Wildman–Crippen LogP) is -0.284. The zero-order chi connectivity index (χ0) is 9.84. The average Bonchev–Trinajstić information content (AvgIpc) is 2.43. The fraction of sp³-hybridized carbons (Fsp3) is 0.889. The third-order valence-electron chi connectivity index (χ3n) is 2.60. The van der Waals surface area contributed by atoms with Gasteiger partial charge in [0.05, 0.1) is 24.7 Å². The van der Waals surface area contributed by atoms with E-state index in [4.69, 9.17) is 5.26 Å². The van der Waals surface area contributed by atoms with Gasteiger partial charge in [0.1, 0.15) is 0 Å². The predicted molar refractivity (Wildman–Crippen MR) is 47.9 cm³/mol. The Morgan fingerprint density at radius 3 is 2.38 bits per heavy atom. The molecule has 0 spiro atoms. The molecule has 1 heterocycles. The Morgan fingerprint density at radius 1 is 1.46 bits per heavy atom. The molecule has 3 atom stereocenters. The Morgan fingerprint density at radius 2 is 2.00 bits per heavy atom. The molecule has 1 rings (SSSR count). The molecular weight excluding hydrogens is 168 g/mol. The van der Waals surface area contributed by atoms with Gasteiger partial charge < -0.3 is 10.2 Å². The monoisotopic (exact) mass is 184 g/mol. The first-order chi connectivity index (χ1) is 6.19. The van der Waals surface area contributed by atoms with Crippen LogP contribution in [0.15, 0.2) is 0 Å². The number of nitriles is 1. The van der Waals surface area contributed by atoms with Gasteiger partial charge in [-0.05, 0) is 6.42 Å². The van der Waals surface area contributed by atoms with Crippen molar-refractivity contribution >= 4 is 0 Å². The Labute approximate surface area is 78.4 Å². The highest BCUT2D eigenvalue weighted by molar-refractivity contribution is 4.90. The van der Waals surface area contributed by atoms with Crippen LogP contribution in [0, 0.1) is 11.3 Å². The van der Waals surface area contributed by atoms with Crippen LogP contribution in [0.4, 0.5) is 0 Å². The molecule has 0 saturated carbocycles. The normalized spacial score (nSPS) is 31.5. The third-order valence-corrected chi connectivity index (χ3v) is 2.60. The minimum absolute atomic E-state index is 0.178. The van der Waals surface area contributed by atoms with Gasteiger partial charge in [0, 0.05) is 19.1 Å². The summed E-state index contributed by atoms with van der Waals surface area (Å²) < 4.78 is 0. The highest BCUT2D eigenvalue weighted by atomic mass is 16.3. The molecule has 1 fully saturated rings. The summed E-state index contributed by atoms with van der Waals surface area (Å²) in [5.41, 5.74) is 0. The van der Waals surface area contributed by atoms with Crippen molar-refractivity contribution in [2.75, 3.05) is 13.1 Å². The van der Waals surface area contributed by atoms with E-state index in [1.165, 1.54) is 0 Å². The quantitative estimate of drug-likeness (QED) is 0.633. The minimum Gasteiger partial charge on any atom is -0.389 e. The second kappa shape index (κ2) is 4.56. The molecule has 0 aromatic rings. The Balaban J connectivity index is 2.48. The molecule has 1 saturated heterocycles. The minimum atomic E-state index is -0.646. The SMILES string of the molecule is CCC(CC#N)N1C[C@@H](O)[C@@H](O)C1. The van der Waals surface area contributed by atoms with Crippen molar-refractivity contribution in [1.29, 1.82) is 5.26 Å². The highest BCUT2D eigenvalue weighted by Gasteiger charge is 2.32. The summed E-state index contributed by atoms with van der Waals surface area (Å²) >= 11 is 0. The lowest BCUT2D eigenvalue weighted by atomic mass is 10.1. The van der Waals surface area contributed by atoms with E-state index in [-0.39, 0.29) is 6.04 Å². The van der Waals surface area contributed by atoms with Crippen molar-refractivity contribution in [2.45, 2.75) is 38.0 Å². The summed E-state index contributed by atoms with van der Waals surface area (Å²) in [5.74, 6) is 0. The number of aliphatic hydroxyl groups excluding tert-OH is 2. The molecule has 0 aromatic heterocycles.